The second kappa shape index (κ2) is 4.85. The maximum atomic E-state index is 11.4. The summed E-state index contributed by atoms with van der Waals surface area (Å²) in [6, 6.07) is 15.8. The third kappa shape index (κ3) is 2.00. The van der Waals surface area contributed by atoms with Crippen molar-refractivity contribution in [2.75, 3.05) is 0 Å². The van der Waals surface area contributed by atoms with Crippen molar-refractivity contribution in [2.24, 2.45) is 0 Å². The maximum Gasteiger partial charge on any atom is 0.336 e. The molecule has 114 valence electrons. The molecule has 0 spiro atoms. The topological polar surface area (TPSA) is 35.1 Å². The minimum atomic E-state index is -0.316. The summed E-state index contributed by atoms with van der Waals surface area (Å²) in [5.74, 6) is 0. The molecular formula is C20H17NO2. The molecule has 0 saturated heterocycles. The molecule has 4 aromatic rings. The average Bonchev–Trinajstić information content (AvgIpc) is 2.79. The lowest BCUT2D eigenvalue weighted by molar-refractivity contribution is 0.560. The first kappa shape index (κ1) is 13.8. The van der Waals surface area contributed by atoms with Crippen LogP contribution < -0.4 is 5.63 Å². The van der Waals surface area contributed by atoms with Gasteiger partial charge in [0.1, 0.15) is 5.58 Å². The summed E-state index contributed by atoms with van der Waals surface area (Å²) < 4.78 is 7.57. The monoisotopic (exact) mass is 303 g/mol. The van der Waals surface area contributed by atoms with Crippen LogP contribution in [0.3, 0.4) is 0 Å². The Bertz CT molecular complexity index is 1080. The van der Waals surface area contributed by atoms with Crippen LogP contribution in [0.1, 0.15) is 17.0 Å². The SMILES string of the molecule is Cc1cc2oc(=O)ccc2cc1-n1c(C)c2ccccc2c1C. The Morgan fingerprint density at radius 3 is 2.17 bits per heavy atom. The van der Waals surface area contributed by atoms with Gasteiger partial charge in [0.15, 0.2) is 0 Å². The number of rotatable bonds is 1. The van der Waals surface area contributed by atoms with E-state index in [1.54, 1.807) is 0 Å². The van der Waals surface area contributed by atoms with E-state index in [1.807, 2.05) is 19.1 Å². The lowest BCUT2D eigenvalue weighted by atomic mass is 10.1. The van der Waals surface area contributed by atoms with Crippen molar-refractivity contribution in [1.82, 2.24) is 4.57 Å². The Labute approximate surface area is 133 Å². The molecule has 0 aliphatic heterocycles. The first-order valence-corrected chi connectivity index (χ1v) is 7.68. The smallest absolute Gasteiger partial charge is 0.336 e. The van der Waals surface area contributed by atoms with Gasteiger partial charge in [0.25, 0.3) is 0 Å². The maximum absolute atomic E-state index is 11.4. The number of aryl methyl sites for hydroxylation is 3. The Kier molecular flexibility index (Phi) is 2.91. The molecule has 0 unspecified atom stereocenters. The molecule has 0 aliphatic rings. The van der Waals surface area contributed by atoms with Crippen molar-refractivity contribution in [3.63, 3.8) is 0 Å². The van der Waals surface area contributed by atoms with E-state index in [-0.39, 0.29) is 5.63 Å². The zero-order valence-electron chi connectivity index (χ0n) is 13.4. The summed E-state index contributed by atoms with van der Waals surface area (Å²) in [4.78, 5) is 11.4. The first-order valence-electron chi connectivity index (χ1n) is 7.68. The van der Waals surface area contributed by atoms with Crippen LogP contribution in [0.4, 0.5) is 0 Å². The van der Waals surface area contributed by atoms with Crippen LogP contribution in [0.2, 0.25) is 0 Å². The molecule has 2 heterocycles. The van der Waals surface area contributed by atoms with E-state index in [0.717, 1.165) is 16.6 Å². The first-order chi connectivity index (χ1) is 11.1. The van der Waals surface area contributed by atoms with E-state index in [2.05, 4.69) is 48.7 Å². The van der Waals surface area contributed by atoms with E-state index >= 15 is 0 Å². The van der Waals surface area contributed by atoms with Crippen molar-refractivity contribution in [3.8, 4) is 5.69 Å². The van der Waals surface area contributed by atoms with Crippen LogP contribution in [0, 0.1) is 20.8 Å². The summed E-state index contributed by atoms with van der Waals surface area (Å²) >= 11 is 0. The second-order valence-corrected chi connectivity index (χ2v) is 5.98. The highest BCUT2D eigenvalue weighted by Gasteiger charge is 2.14. The number of benzene rings is 2. The second-order valence-electron chi connectivity index (χ2n) is 5.98. The highest BCUT2D eigenvalue weighted by Crippen LogP contribution is 2.31. The number of hydrogen-bond acceptors (Lipinski definition) is 2. The van der Waals surface area contributed by atoms with E-state index in [1.165, 1.54) is 28.2 Å². The fourth-order valence-corrected chi connectivity index (χ4v) is 3.41. The zero-order chi connectivity index (χ0) is 16.1. The highest BCUT2D eigenvalue weighted by molar-refractivity contribution is 5.90. The van der Waals surface area contributed by atoms with Crippen LogP contribution in [0.5, 0.6) is 0 Å². The van der Waals surface area contributed by atoms with Gasteiger partial charge in [-0.25, -0.2) is 4.79 Å². The molecule has 0 atom stereocenters. The molecular weight excluding hydrogens is 286 g/mol. The van der Waals surface area contributed by atoms with Crippen molar-refractivity contribution in [2.45, 2.75) is 20.8 Å². The number of hydrogen-bond donors (Lipinski definition) is 0. The van der Waals surface area contributed by atoms with Crippen LogP contribution >= 0.6 is 0 Å². The Morgan fingerprint density at radius 1 is 0.870 bits per heavy atom. The molecule has 2 aromatic carbocycles. The Hall–Kier alpha value is -2.81. The normalized spacial score (nSPS) is 11.4. The van der Waals surface area contributed by atoms with Gasteiger partial charge in [-0.15, -0.1) is 0 Å². The van der Waals surface area contributed by atoms with Gasteiger partial charge in [-0.05, 0) is 44.5 Å². The third-order valence-electron chi connectivity index (χ3n) is 4.56. The van der Waals surface area contributed by atoms with E-state index < -0.39 is 0 Å². The van der Waals surface area contributed by atoms with Crippen molar-refractivity contribution in [3.05, 3.63) is 75.9 Å². The lowest BCUT2D eigenvalue weighted by Gasteiger charge is -2.13. The van der Waals surface area contributed by atoms with E-state index in [9.17, 15) is 4.79 Å². The fourth-order valence-electron chi connectivity index (χ4n) is 3.41. The predicted molar refractivity (Wildman–Crippen MR) is 93.5 cm³/mol. The van der Waals surface area contributed by atoms with Gasteiger partial charge in [0, 0.05) is 39.3 Å². The van der Waals surface area contributed by atoms with Crippen LogP contribution in [-0.4, -0.2) is 4.57 Å². The fraction of sp³-hybridized carbons (Fsp3) is 0.150. The van der Waals surface area contributed by atoms with Crippen LogP contribution in [-0.2, 0) is 0 Å². The minimum absolute atomic E-state index is 0.316. The van der Waals surface area contributed by atoms with Crippen molar-refractivity contribution < 1.29 is 4.42 Å². The quantitative estimate of drug-likeness (QED) is 0.479. The molecule has 3 heteroatoms. The molecule has 4 rings (SSSR count). The molecule has 2 aromatic heterocycles. The Morgan fingerprint density at radius 2 is 1.52 bits per heavy atom. The summed E-state index contributed by atoms with van der Waals surface area (Å²) in [5.41, 5.74) is 4.96. The van der Waals surface area contributed by atoms with Gasteiger partial charge in [0.05, 0.1) is 0 Å². The molecule has 0 aliphatic carbocycles. The molecule has 0 bridgehead atoms. The molecule has 0 saturated carbocycles. The largest absolute Gasteiger partial charge is 0.423 e. The number of aromatic nitrogens is 1. The lowest BCUT2D eigenvalue weighted by Crippen LogP contribution is -2.02. The average molecular weight is 303 g/mol. The summed E-state index contributed by atoms with van der Waals surface area (Å²) in [5, 5.41) is 3.47. The Balaban J connectivity index is 2.08. The summed E-state index contributed by atoms with van der Waals surface area (Å²) in [6.45, 7) is 6.33. The molecule has 0 radical (unpaired) electrons. The third-order valence-corrected chi connectivity index (χ3v) is 4.56. The van der Waals surface area contributed by atoms with Gasteiger partial charge >= 0.3 is 5.63 Å². The standard InChI is InChI=1S/C20H17NO2/c1-12-10-19-15(8-9-20(22)23-19)11-18(12)21-13(2)16-6-4-5-7-17(16)14(21)3/h4-11H,1-3H3. The number of fused-ring (bicyclic) bond motifs is 2. The molecule has 0 N–H and O–H groups in total. The summed E-state index contributed by atoms with van der Waals surface area (Å²) in [6.07, 6.45) is 0. The highest BCUT2D eigenvalue weighted by atomic mass is 16.4. The van der Waals surface area contributed by atoms with Gasteiger partial charge in [-0.1, -0.05) is 24.3 Å². The van der Waals surface area contributed by atoms with E-state index in [4.69, 9.17) is 4.42 Å². The zero-order valence-corrected chi connectivity index (χ0v) is 13.4. The summed E-state index contributed by atoms with van der Waals surface area (Å²) in [7, 11) is 0. The van der Waals surface area contributed by atoms with Crippen molar-refractivity contribution >= 4 is 21.7 Å². The predicted octanol–water partition coefficient (Wildman–Crippen LogP) is 4.66. The molecule has 0 fully saturated rings. The van der Waals surface area contributed by atoms with Gasteiger partial charge in [0.2, 0.25) is 0 Å². The molecule has 3 nitrogen and oxygen atoms in total. The van der Waals surface area contributed by atoms with Gasteiger partial charge < -0.3 is 8.98 Å². The van der Waals surface area contributed by atoms with Gasteiger partial charge in [-0.3, -0.25) is 0 Å². The van der Waals surface area contributed by atoms with Crippen LogP contribution in [0.15, 0.2) is 57.7 Å². The molecule has 0 amide bonds. The van der Waals surface area contributed by atoms with Crippen molar-refractivity contribution in [1.29, 1.82) is 0 Å². The minimum Gasteiger partial charge on any atom is -0.423 e. The molecule has 23 heavy (non-hydrogen) atoms. The van der Waals surface area contributed by atoms with Gasteiger partial charge in [-0.2, -0.15) is 0 Å². The number of nitrogens with zero attached hydrogens (tertiary/aromatic N) is 1. The van der Waals surface area contributed by atoms with Crippen LogP contribution in [0.25, 0.3) is 27.4 Å². The van der Waals surface area contributed by atoms with E-state index in [0.29, 0.717) is 5.58 Å².